The fourth-order valence-corrected chi connectivity index (χ4v) is 3.77. The van der Waals surface area contributed by atoms with Gasteiger partial charge in [-0.3, -0.25) is 4.79 Å². The Morgan fingerprint density at radius 1 is 1.11 bits per heavy atom. The van der Waals surface area contributed by atoms with Crippen molar-refractivity contribution in [2.24, 2.45) is 0 Å². The molecule has 6 nitrogen and oxygen atoms in total. The van der Waals surface area contributed by atoms with Gasteiger partial charge in [0.05, 0.1) is 11.3 Å². The molecule has 0 aliphatic rings. The zero-order valence-electron chi connectivity index (χ0n) is 16.1. The molecular formula is C20H27N5OS. The van der Waals surface area contributed by atoms with Crippen LogP contribution in [0.5, 0.6) is 0 Å². The van der Waals surface area contributed by atoms with Gasteiger partial charge in [0.1, 0.15) is 5.52 Å². The monoisotopic (exact) mass is 385 g/mol. The highest BCUT2D eigenvalue weighted by molar-refractivity contribution is 7.99. The summed E-state index contributed by atoms with van der Waals surface area (Å²) in [7, 11) is 0. The van der Waals surface area contributed by atoms with Gasteiger partial charge < -0.3 is 9.88 Å². The van der Waals surface area contributed by atoms with E-state index in [4.69, 9.17) is 4.98 Å². The van der Waals surface area contributed by atoms with Crippen LogP contribution in [0, 0.1) is 0 Å². The minimum atomic E-state index is 0.0225. The molecule has 1 aromatic carbocycles. The van der Waals surface area contributed by atoms with Gasteiger partial charge in [0.15, 0.2) is 5.65 Å². The van der Waals surface area contributed by atoms with E-state index < -0.39 is 0 Å². The molecule has 0 radical (unpaired) electrons. The van der Waals surface area contributed by atoms with Crippen molar-refractivity contribution >= 4 is 39.7 Å². The molecule has 0 aliphatic carbocycles. The maximum atomic E-state index is 12.0. The van der Waals surface area contributed by atoms with Crippen LogP contribution in [0.15, 0.2) is 29.4 Å². The number of nitrogens with one attached hydrogen (secondary N) is 1. The van der Waals surface area contributed by atoms with Gasteiger partial charge in [0.25, 0.3) is 0 Å². The number of benzene rings is 1. The lowest BCUT2D eigenvalue weighted by Crippen LogP contribution is -2.26. The molecular weight excluding hydrogens is 358 g/mol. The number of carbonyl (C=O) groups excluding carboxylic acids is 1. The molecule has 2 heterocycles. The zero-order chi connectivity index (χ0) is 19.1. The van der Waals surface area contributed by atoms with Crippen LogP contribution in [0.2, 0.25) is 0 Å². The lowest BCUT2D eigenvalue weighted by molar-refractivity contribution is -0.118. The molecule has 1 amide bonds. The first kappa shape index (κ1) is 19.6. The second-order valence-electron chi connectivity index (χ2n) is 6.63. The smallest absolute Gasteiger partial charge is 0.230 e. The van der Waals surface area contributed by atoms with Crippen LogP contribution >= 0.6 is 11.8 Å². The topological polar surface area (TPSA) is 72.7 Å². The predicted molar refractivity (Wildman–Crippen MR) is 111 cm³/mol. The average Bonchev–Trinajstić information content (AvgIpc) is 3.00. The molecule has 7 heteroatoms. The normalized spacial score (nSPS) is 11.3. The lowest BCUT2D eigenvalue weighted by Gasteiger charge is -2.05. The van der Waals surface area contributed by atoms with Crippen LogP contribution < -0.4 is 5.32 Å². The average molecular weight is 386 g/mol. The molecule has 2 aromatic heterocycles. The first-order valence-corrected chi connectivity index (χ1v) is 10.7. The van der Waals surface area contributed by atoms with E-state index in [1.807, 2.05) is 12.1 Å². The Bertz CT molecular complexity index is 908. The number of nitrogens with zero attached hydrogens (tertiary/aromatic N) is 4. The number of amides is 1. The van der Waals surface area contributed by atoms with Gasteiger partial charge in [-0.25, -0.2) is 4.98 Å². The van der Waals surface area contributed by atoms with E-state index in [0.717, 1.165) is 54.4 Å². The summed E-state index contributed by atoms with van der Waals surface area (Å²) in [5, 5.41) is 13.2. The Labute approximate surface area is 164 Å². The molecule has 0 unspecified atom stereocenters. The van der Waals surface area contributed by atoms with Gasteiger partial charge in [0.2, 0.25) is 11.1 Å². The summed E-state index contributed by atoms with van der Waals surface area (Å²) in [5.41, 5.74) is 2.79. The highest BCUT2D eigenvalue weighted by Crippen LogP contribution is 2.27. The molecule has 0 bridgehead atoms. The number of thioether (sulfide) groups is 1. The molecule has 0 spiro atoms. The molecule has 0 saturated heterocycles. The van der Waals surface area contributed by atoms with Crippen molar-refractivity contribution in [3.63, 3.8) is 0 Å². The van der Waals surface area contributed by atoms with Gasteiger partial charge in [0, 0.05) is 18.5 Å². The second kappa shape index (κ2) is 9.69. The molecule has 3 aromatic rings. The molecule has 3 rings (SSSR count). The van der Waals surface area contributed by atoms with E-state index in [1.165, 1.54) is 24.6 Å². The van der Waals surface area contributed by atoms with Gasteiger partial charge >= 0.3 is 0 Å². The number of aryl methyl sites for hydroxylation is 1. The molecule has 27 heavy (non-hydrogen) atoms. The van der Waals surface area contributed by atoms with Crippen LogP contribution in [-0.2, 0) is 11.3 Å². The maximum Gasteiger partial charge on any atom is 0.230 e. The van der Waals surface area contributed by atoms with Crippen molar-refractivity contribution in [2.75, 3.05) is 12.3 Å². The Balaban J connectivity index is 1.68. The summed E-state index contributed by atoms with van der Waals surface area (Å²) < 4.78 is 2.19. The van der Waals surface area contributed by atoms with Crippen molar-refractivity contribution in [1.82, 2.24) is 25.1 Å². The van der Waals surface area contributed by atoms with Crippen molar-refractivity contribution in [2.45, 2.75) is 57.7 Å². The number of unbranched alkanes of at least 4 members (excludes halogenated alkanes) is 3. The van der Waals surface area contributed by atoms with E-state index >= 15 is 0 Å². The summed E-state index contributed by atoms with van der Waals surface area (Å²) in [6.45, 7) is 5.95. The Hall–Kier alpha value is -2.15. The number of hydrogen-bond donors (Lipinski definition) is 1. The van der Waals surface area contributed by atoms with Crippen LogP contribution in [0.4, 0.5) is 0 Å². The van der Waals surface area contributed by atoms with E-state index in [-0.39, 0.29) is 5.91 Å². The fourth-order valence-electron chi connectivity index (χ4n) is 3.16. The highest BCUT2D eigenvalue weighted by Gasteiger charge is 2.14. The Morgan fingerprint density at radius 3 is 2.78 bits per heavy atom. The zero-order valence-corrected chi connectivity index (χ0v) is 16.9. The number of carbonyl (C=O) groups is 1. The molecule has 144 valence electrons. The van der Waals surface area contributed by atoms with E-state index in [2.05, 4.69) is 46.1 Å². The Morgan fingerprint density at radius 2 is 1.96 bits per heavy atom. The molecule has 1 N–H and O–H groups in total. The number of aromatic nitrogens is 4. The standard InChI is InChI=1S/C20H27N5OS/c1-3-5-6-9-12-21-17(26)14-27-20-22-19-18(23-24-20)15-10-7-8-11-16(15)25(19)13-4-2/h7-8,10-11H,3-6,9,12-14H2,1-2H3,(H,21,26). The van der Waals surface area contributed by atoms with Crippen LogP contribution in [-0.4, -0.2) is 38.0 Å². The van der Waals surface area contributed by atoms with Crippen LogP contribution in [0.3, 0.4) is 0 Å². The van der Waals surface area contributed by atoms with E-state index in [9.17, 15) is 4.79 Å². The largest absolute Gasteiger partial charge is 0.355 e. The molecule has 0 fully saturated rings. The molecule has 0 aliphatic heterocycles. The van der Waals surface area contributed by atoms with Gasteiger partial charge in [-0.1, -0.05) is 63.1 Å². The summed E-state index contributed by atoms with van der Waals surface area (Å²) in [4.78, 5) is 16.7. The minimum absolute atomic E-state index is 0.0225. The first-order valence-electron chi connectivity index (χ1n) is 9.75. The van der Waals surface area contributed by atoms with Crippen molar-refractivity contribution in [3.05, 3.63) is 24.3 Å². The van der Waals surface area contributed by atoms with Crippen molar-refractivity contribution in [1.29, 1.82) is 0 Å². The van der Waals surface area contributed by atoms with Gasteiger partial charge in [-0.2, -0.15) is 0 Å². The summed E-state index contributed by atoms with van der Waals surface area (Å²) >= 11 is 1.34. The number of hydrogen-bond acceptors (Lipinski definition) is 5. The summed E-state index contributed by atoms with van der Waals surface area (Å²) in [5.74, 6) is 0.337. The highest BCUT2D eigenvalue weighted by atomic mass is 32.2. The minimum Gasteiger partial charge on any atom is -0.355 e. The first-order chi connectivity index (χ1) is 13.2. The summed E-state index contributed by atoms with van der Waals surface area (Å²) in [6.07, 6.45) is 5.63. The van der Waals surface area contributed by atoms with Crippen LogP contribution in [0.1, 0.15) is 46.0 Å². The van der Waals surface area contributed by atoms with Crippen LogP contribution in [0.25, 0.3) is 22.1 Å². The third-order valence-corrected chi connectivity index (χ3v) is 5.32. The predicted octanol–water partition coefficient (Wildman–Crippen LogP) is 4.18. The maximum absolute atomic E-state index is 12.0. The quantitative estimate of drug-likeness (QED) is 0.419. The second-order valence-corrected chi connectivity index (χ2v) is 7.58. The Kier molecular flexibility index (Phi) is 7.04. The van der Waals surface area contributed by atoms with E-state index in [0.29, 0.717) is 10.9 Å². The van der Waals surface area contributed by atoms with Crippen molar-refractivity contribution in [3.8, 4) is 0 Å². The third-order valence-electron chi connectivity index (χ3n) is 4.49. The molecule has 0 atom stereocenters. The number of rotatable bonds is 10. The van der Waals surface area contributed by atoms with Crippen molar-refractivity contribution < 1.29 is 4.79 Å². The molecule has 0 saturated carbocycles. The number of para-hydroxylation sites is 1. The van der Waals surface area contributed by atoms with E-state index in [1.54, 1.807) is 0 Å². The number of fused-ring (bicyclic) bond motifs is 3. The van der Waals surface area contributed by atoms with Gasteiger partial charge in [-0.15, -0.1) is 10.2 Å². The summed E-state index contributed by atoms with van der Waals surface area (Å²) in [6, 6.07) is 8.18. The third kappa shape index (κ3) is 4.77. The fraction of sp³-hybridized carbons (Fsp3) is 0.500. The van der Waals surface area contributed by atoms with Gasteiger partial charge in [-0.05, 0) is 18.9 Å². The SMILES string of the molecule is CCCCCCNC(=O)CSc1nnc2c3ccccc3n(CCC)c2n1. The lowest BCUT2D eigenvalue weighted by atomic mass is 10.2.